The van der Waals surface area contributed by atoms with Gasteiger partial charge in [-0.1, -0.05) is 62.2 Å². The van der Waals surface area contributed by atoms with Gasteiger partial charge in [0, 0.05) is 16.7 Å². The number of benzene rings is 3. The molecule has 0 saturated carbocycles. The van der Waals surface area contributed by atoms with Gasteiger partial charge in [0.1, 0.15) is 0 Å². The standard InChI is InChI=1S/C30H32F4O/c1-3-5-7-8-10-20-35-26-19-18-25(29(33)30(26)34)24-17-16-23(27(31)28(24)32)22-14-12-21(13-15-22)11-9-6-4-2/h3,12-19H,1,4-11,20H2,2H3. The molecule has 3 aromatic carbocycles. The zero-order valence-electron chi connectivity index (χ0n) is 20.2. The lowest BCUT2D eigenvalue weighted by Crippen LogP contribution is -2.03. The van der Waals surface area contributed by atoms with Crippen LogP contribution < -0.4 is 4.74 Å². The van der Waals surface area contributed by atoms with Gasteiger partial charge in [-0.05, 0) is 61.8 Å². The van der Waals surface area contributed by atoms with Crippen LogP contribution >= 0.6 is 0 Å². The highest BCUT2D eigenvalue weighted by molar-refractivity contribution is 5.72. The molecule has 186 valence electrons. The molecule has 3 rings (SSSR count). The van der Waals surface area contributed by atoms with Crippen molar-refractivity contribution in [3.8, 4) is 28.0 Å². The van der Waals surface area contributed by atoms with E-state index in [4.69, 9.17) is 4.74 Å². The second-order valence-corrected chi connectivity index (χ2v) is 8.67. The fourth-order valence-corrected chi connectivity index (χ4v) is 4.01. The van der Waals surface area contributed by atoms with Gasteiger partial charge in [0.2, 0.25) is 5.82 Å². The Hall–Kier alpha value is -3.08. The highest BCUT2D eigenvalue weighted by Gasteiger charge is 2.21. The molecular formula is C30H32F4O. The molecule has 0 spiro atoms. The zero-order valence-corrected chi connectivity index (χ0v) is 20.2. The largest absolute Gasteiger partial charge is 0.490 e. The maximum Gasteiger partial charge on any atom is 0.201 e. The average Bonchev–Trinajstić information content (AvgIpc) is 2.86. The van der Waals surface area contributed by atoms with Crippen molar-refractivity contribution in [3.05, 3.63) is 90.0 Å². The fourth-order valence-electron chi connectivity index (χ4n) is 4.01. The van der Waals surface area contributed by atoms with Crippen molar-refractivity contribution in [2.24, 2.45) is 0 Å². The summed E-state index contributed by atoms with van der Waals surface area (Å²) >= 11 is 0. The van der Waals surface area contributed by atoms with Gasteiger partial charge in [0.25, 0.3) is 0 Å². The summed E-state index contributed by atoms with van der Waals surface area (Å²) in [6.07, 6.45) is 9.53. The van der Waals surface area contributed by atoms with E-state index in [0.717, 1.165) is 50.5 Å². The molecule has 5 heteroatoms. The first kappa shape index (κ1) is 26.5. The summed E-state index contributed by atoms with van der Waals surface area (Å²) in [6, 6.07) is 12.5. The van der Waals surface area contributed by atoms with E-state index >= 15 is 0 Å². The van der Waals surface area contributed by atoms with E-state index in [1.54, 1.807) is 12.1 Å². The summed E-state index contributed by atoms with van der Waals surface area (Å²) < 4.78 is 64.6. The predicted molar refractivity (Wildman–Crippen MR) is 135 cm³/mol. The van der Waals surface area contributed by atoms with Crippen molar-refractivity contribution in [3.63, 3.8) is 0 Å². The summed E-state index contributed by atoms with van der Waals surface area (Å²) in [5, 5.41) is 0. The first-order chi connectivity index (χ1) is 17.0. The van der Waals surface area contributed by atoms with Gasteiger partial charge in [-0.2, -0.15) is 4.39 Å². The van der Waals surface area contributed by atoms with Crippen molar-refractivity contribution >= 4 is 0 Å². The lowest BCUT2D eigenvalue weighted by atomic mass is 9.97. The molecule has 1 nitrogen and oxygen atoms in total. The molecule has 0 aliphatic heterocycles. The Balaban J connectivity index is 1.76. The highest BCUT2D eigenvalue weighted by Crippen LogP contribution is 2.35. The SMILES string of the molecule is C=CCCCCCOc1ccc(-c2ccc(-c3ccc(CCCCC)cc3)c(F)c2F)c(F)c1F. The monoisotopic (exact) mass is 484 g/mol. The second kappa shape index (κ2) is 13.1. The molecule has 0 fully saturated rings. The Morgan fingerprint density at radius 2 is 1.31 bits per heavy atom. The third-order valence-corrected chi connectivity index (χ3v) is 6.06. The quantitative estimate of drug-likeness (QED) is 0.133. The first-order valence-electron chi connectivity index (χ1n) is 12.3. The van der Waals surface area contributed by atoms with E-state index in [1.165, 1.54) is 24.3 Å². The van der Waals surface area contributed by atoms with Crippen LogP contribution in [-0.2, 0) is 6.42 Å². The second-order valence-electron chi connectivity index (χ2n) is 8.67. The number of halogens is 4. The van der Waals surface area contributed by atoms with Crippen LogP contribution in [0.3, 0.4) is 0 Å². The van der Waals surface area contributed by atoms with Gasteiger partial charge in [-0.3, -0.25) is 0 Å². The summed E-state index contributed by atoms with van der Waals surface area (Å²) in [4.78, 5) is 0. The van der Waals surface area contributed by atoms with Crippen molar-refractivity contribution < 1.29 is 22.3 Å². The van der Waals surface area contributed by atoms with Gasteiger partial charge < -0.3 is 4.74 Å². The average molecular weight is 485 g/mol. The number of hydrogen-bond donors (Lipinski definition) is 0. The van der Waals surface area contributed by atoms with Crippen molar-refractivity contribution in [2.45, 2.75) is 58.3 Å². The molecule has 0 N–H and O–H groups in total. The summed E-state index contributed by atoms with van der Waals surface area (Å²) in [5.74, 6) is -5.04. The van der Waals surface area contributed by atoms with Crippen LogP contribution in [0.25, 0.3) is 22.3 Å². The molecule has 0 bridgehead atoms. The van der Waals surface area contributed by atoms with Crippen LogP contribution in [0.4, 0.5) is 17.6 Å². The molecule has 0 radical (unpaired) electrons. The Morgan fingerprint density at radius 1 is 0.686 bits per heavy atom. The summed E-state index contributed by atoms with van der Waals surface area (Å²) in [5.41, 5.74) is 1.04. The molecule has 35 heavy (non-hydrogen) atoms. The molecule has 0 saturated heterocycles. The smallest absolute Gasteiger partial charge is 0.201 e. The van der Waals surface area contributed by atoms with Crippen LogP contribution in [0, 0.1) is 23.3 Å². The molecule has 0 aromatic heterocycles. The van der Waals surface area contributed by atoms with Crippen molar-refractivity contribution in [2.75, 3.05) is 6.61 Å². The molecule has 0 amide bonds. The number of unbranched alkanes of at least 4 members (excludes halogenated alkanes) is 5. The Labute approximate surface area is 205 Å². The number of aryl methyl sites for hydroxylation is 1. The molecule has 0 aliphatic rings. The molecule has 0 aliphatic carbocycles. The van der Waals surface area contributed by atoms with E-state index in [-0.39, 0.29) is 29.0 Å². The van der Waals surface area contributed by atoms with Crippen LogP contribution in [0.2, 0.25) is 0 Å². The van der Waals surface area contributed by atoms with E-state index in [9.17, 15) is 17.6 Å². The molecule has 0 atom stereocenters. The number of hydrogen-bond acceptors (Lipinski definition) is 1. The fraction of sp³-hybridized carbons (Fsp3) is 0.333. The van der Waals surface area contributed by atoms with Gasteiger partial charge in [-0.25, -0.2) is 13.2 Å². The third-order valence-electron chi connectivity index (χ3n) is 6.06. The number of rotatable bonds is 13. The first-order valence-corrected chi connectivity index (χ1v) is 12.3. The zero-order chi connectivity index (χ0) is 25.2. The minimum Gasteiger partial charge on any atom is -0.490 e. The van der Waals surface area contributed by atoms with E-state index in [1.807, 2.05) is 18.2 Å². The minimum absolute atomic E-state index is 0.0728. The molecule has 3 aromatic rings. The highest BCUT2D eigenvalue weighted by atomic mass is 19.2. The van der Waals surface area contributed by atoms with E-state index in [2.05, 4.69) is 13.5 Å². The maximum absolute atomic E-state index is 15.0. The number of ether oxygens (including phenoxy) is 1. The minimum atomic E-state index is -1.27. The number of allylic oxidation sites excluding steroid dienone is 1. The molecule has 0 unspecified atom stereocenters. The van der Waals surface area contributed by atoms with Crippen molar-refractivity contribution in [1.82, 2.24) is 0 Å². The lowest BCUT2D eigenvalue weighted by Gasteiger charge is -2.13. The van der Waals surface area contributed by atoms with Crippen LogP contribution in [0.1, 0.15) is 57.4 Å². The van der Waals surface area contributed by atoms with Gasteiger partial charge in [-0.15, -0.1) is 6.58 Å². The maximum atomic E-state index is 15.0. The van der Waals surface area contributed by atoms with E-state index < -0.39 is 23.3 Å². The Bertz CT molecular complexity index is 1120. The summed E-state index contributed by atoms with van der Waals surface area (Å²) in [6.45, 7) is 6.03. The normalized spacial score (nSPS) is 11.0. The van der Waals surface area contributed by atoms with Crippen LogP contribution in [0.5, 0.6) is 5.75 Å². The van der Waals surface area contributed by atoms with Gasteiger partial charge in [0.15, 0.2) is 23.2 Å². The van der Waals surface area contributed by atoms with Gasteiger partial charge >= 0.3 is 0 Å². The topological polar surface area (TPSA) is 9.23 Å². The van der Waals surface area contributed by atoms with Crippen molar-refractivity contribution in [1.29, 1.82) is 0 Å². The van der Waals surface area contributed by atoms with Gasteiger partial charge in [0.05, 0.1) is 6.61 Å². The van der Waals surface area contributed by atoms with Crippen LogP contribution in [0.15, 0.2) is 61.2 Å². The van der Waals surface area contributed by atoms with E-state index in [0.29, 0.717) is 12.0 Å². The summed E-state index contributed by atoms with van der Waals surface area (Å²) in [7, 11) is 0. The molecular weight excluding hydrogens is 452 g/mol. The lowest BCUT2D eigenvalue weighted by molar-refractivity contribution is 0.286. The Morgan fingerprint density at radius 3 is 2.00 bits per heavy atom. The third kappa shape index (κ3) is 6.74. The Kier molecular flexibility index (Phi) is 9.95. The predicted octanol–water partition coefficient (Wildman–Crippen LogP) is 9.43. The van der Waals surface area contributed by atoms with Crippen LogP contribution in [-0.4, -0.2) is 6.61 Å². The molecule has 0 heterocycles.